The zero-order valence-corrected chi connectivity index (χ0v) is 41.9. The summed E-state index contributed by atoms with van der Waals surface area (Å²) < 4.78 is 4.61. The number of rotatable bonds is 3. The van der Waals surface area contributed by atoms with Crippen molar-refractivity contribution >= 4 is 43.6 Å². The second kappa shape index (κ2) is 14.1. The third-order valence-electron chi connectivity index (χ3n) is 18.0. The highest BCUT2D eigenvalue weighted by Crippen LogP contribution is 2.63. The maximum atomic E-state index is 5.72. The molecule has 4 aliphatic carbocycles. The summed E-state index contributed by atoms with van der Waals surface area (Å²) in [5, 5.41) is 4.66. The van der Waals surface area contributed by atoms with Gasteiger partial charge in [0.1, 0.15) is 0 Å². The maximum absolute atomic E-state index is 5.72. The summed E-state index contributed by atoms with van der Waals surface area (Å²) in [6.45, 7) is 9.42. The highest BCUT2D eigenvalue weighted by molar-refractivity contribution is 6.13. The van der Waals surface area contributed by atoms with Crippen LogP contribution in [0.25, 0.3) is 111 Å². The quantitative estimate of drug-likeness (QED) is 0.177. The minimum Gasteiger partial charge on any atom is -0.278 e. The van der Waals surface area contributed by atoms with Crippen LogP contribution in [-0.4, -0.2) is 24.1 Å². The molecule has 0 saturated heterocycles. The molecule has 4 aliphatic rings. The molecule has 0 radical (unpaired) electrons. The molecule has 3 aromatic heterocycles. The van der Waals surface area contributed by atoms with Gasteiger partial charge < -0.3 is 0 Å². The molecule has 5 nitrogen and oxygen atoms in total. The Morgan fingerprint density at radius 2 is 0.653 bits per heavy atom. The van der Waals surface area contributed by atoms with Crippen LogP contribution < -0.4 is 0 Å². The number of hydrogen-bond donors (Lipinski definition) is 0. The smallest absolute Gasteiger partial charge is 0.240 e. The molecule has 0 bridgehead atoms. The minimum atomic E-state index is -0.525. The van der Waals surface area contributed by atoms with Gasteiger partial charge in [0.25, 0.3) is 0 Å². The molecule has 75 heavy (non-hydrogen) atoms. The Labute approximate surface area is 434 Å². The van der Waals surface area contributed by atoms with Crippen molar-refractivity contribution in [3.8, 4) is 67.8 Å². The number of benzene rings is 10. The fourth-order valence-corrected chi connectivity index (χ4v) is 14.7. The van der Waals surface area contributed by atoms with Crippen LogP contribution in [0.3, 0.4) is 0 Å². The van der Waals surface area contributed by atoms with Crippen molar-refractivity contribution < 1.29 is 0 Å². The van der Waals surface area contributed by atoms with E-state index in [1.807, 2.05) is 0 Å². The van der Waals surface area contributed by atoms with Gasteiger partial charge in [-0.05, 0) is 131 Å². The molecule has 0 unspecified atom stereocenters. The first-order chi connectivity index (χ1) is 36.7. The second-order valence-electron chi connectivity index (χ2n) is 22.3. The third kappa shape index (κ3) is 5.06. The van der Waals surface area contributed by atoms with Gasteiger partial charge in [0.2, 0.25) is 11.9 Å². The molecular weight excluding hydrogens is 911 g/mol. The van der Waals surface area contributed by atoms with Crippen LogP contribution in [0.15, 0.2) is 212 Å². The van der Waals surface area contributed by atoms with E-state index in [4.69, 9.17) is 15.0 Å². The maximum Gasteiger partial charge on any atom is 0.240 e. The first-order valence-electron chi connectivity index (χ1n) is 26.3. The van der Waals surface area contributed by atoms with E-state index in [2.05, 4.69) is 249 Å². The summed E-state index contributed by atoms with van der Waals surface area (Å²) in [5.74, 6) is 1.76. The number of hydrogen-bond acceptors (Lipinski definition) is 3. The van der Waals surface area contributed by atoms with Crippen LogP contribution >= 0.6 is 0 Å². The normalized spacial score (nSPS) is 15.3. The van der Waals surface area contributed by atoms with Gasteiger partial charge in [-0.2, -0.15) is 15.0 Å². The van der Waals surface area contributed by atoms with Crippen molar-refractivity contribution in [1.82, 2.24) is 24.1 Å². The summed E-state index contributed by atoms with van der Waals surface area (Å²) in [5.41, 5.74) is 24.9. The number of para-hydroxylation sites is 2. The summed E-state index contributed by atoms with van der Waals surface area (Å²) in [7, 11) is 0. The van der Waals surface area contributed by atoms with E-state index in [9.17, 15) is 0 Å². The lowest BCUT2D eigenvalue weighted by atomic mass is 9.70. The lowest BCUT2D eigenvalue weighted by Gasteiger charge is -2.30. The van der Waals surface area contributed by atoms with Gasteiger partial charge in [-0.1, -0.05) is 198 Å². The Morgan fingerprint density at radius 3 is 1.11 bits per heavy atom. The first kappa shape index (κ1) is 41.3. The molecule has 352 valence electrons. The van der Waals surface area contributed by atoms with Gasteiger partial charge in [-0.15, -0.1) is 0 Å². The molecule has 3 heterocycles. The summed E-state index contributed by atoms with van der Waals surface area (Å²) in [4.78, 5) is 17.1. The van der Waals surface area contributed by atoms with E-state index in [0.717, 1.165) is 38.4 Å². The Morgan fingerprint density at radius 1 is 0.280 bits per heavy atom. The Bertz CT molecular complexity index is 4470. The van der Waals surface area contributed by atoms with Crippen LogP contribution in [0.4, 0.5) is 0 Å². The third-order valence-corrected chi connectivity index (χ3v) is 18.0. The standard InChI is InChI=1S/C70H47N5/c1-68(2)53-26-12-5-22-44(53)49-36-51-47-24-10-17-31-61(47)74(63(51)38-58(49)68)66-71-65(40-33-34-46-43-21-9-16-30-57(43)70(60(46)35-40)55-28-14-7-19-41(55)42-20-8-15-29-56(42)70)72-67(73-66)75-62-32-18-11-25-48(62)52-37-50-45-23-6-13-27-54(45)69(3,4)59(50)39-64(52)75/h5-39H,1-4H3. The van der Waals surface area contributed by atoms with Gasteiger partial charge in [-0.25, -0.2) is 0 Å². The van der Waals surface area contributed by atoms with E-state index in [1.54, 1.807) is 0 Å². The van der Waals surface area contributed by atoms with Crippen LogP contribution in [0.5, 0.6) is 0 Å². The van der Waals surface area contributed by atoms with E-state index >= 15 is 0 Å². The van der Waals surface area contributed by atoms with E-state index < -0.39 is 5.41 Å². The number of aromatic nitrogens is 5. The van der Waals surface area contributed by atoms with E-state index in [0.29, 0.717) is 17.7 Å². The molecule has 0 aliphatic heterocycles. The average molecular weight is 958 g/mol. The highest BCUT2D eigenvalue weighted by atomic mass is 15.3. The fourth-order valence-electron chi connectivity index (χ4n) is 14.7. The lowest BCUT2D eigenvalue weighted by Crippen LogP contribution is -2.25. The van der Waals surface area contributed by atoms with Crippen molar-refractivity contribution in [3.63, 3.8) is 0 Å². The van der Waals surface area contributed by atoms with Crippen LogP contribution in [0.2, 0.25) is 0 Å². The largest absolute Gasteiger partial charge is 0.278 e. The molecule has 17 rings (SSSR count). The summed E-state index contributed by atoms with van der Waals surface area (Å²) in [6.07, 6.45) is 0. The molecule has 5 heteroatoms. The van der Waals surface area contributed by atoms with Gasteiger partial charge >= 0.3 is 0 Å². The van der Waals surface area contributed by atoms with Crippen molar-refractivity contribution in [2.75, 3.05) is 0 Å². The Balaban J connectivity index is 0.974. The van der Waals surface area contributed by atoms with Gasteiger partial charge in [0.05, 0.1) is 27.5 Å². The molecule has 0 saturated carbocycles. The molecule has 1 spiro atoms. The lowest BCUT2D eigenvalue weighted by molar-refractivity contribution is 0.661. The first-order valence-corrected chi connectivity index (χ1v) is 26.3. The van der Waals surface area contributed by atoms with Crippen LogP contribution in [0.1, 0.15) is 72.2 Å². The molecule has 0 fully saturated rings. The molecule has 10 aromatic carbocycles. The average Bonchev–Trinajstić information content (AvgIpc) is 4.32. The Kier molecular flexibility index (Phi) is 7.76. The molecule has 0 atom stereocenters. The highest BCUT2D eigenvalue weighted by Gasteiger charge is 2.51. The van der Waals surface area contributed by atoms with E-state index in [-0.39, 0.29) is 10.8 Å². The van der Waals surface area contributed by atoms with Gasteiger partial charge in [-0.3, -0.25) is 9.13 Å². The zero-order valence-electron chi connectivity index (χ0n) is 41.9. The van der Waals surface area contributed by atoms with Crippen molar-refractivity contribution in [2.24, 2.45) is 0 Å². The van der Waals surface area contributed by atoms with Crippen molar-refractivity contribution in [1.29, 1.82) is 0 Å². The van der Waals surface area contributed by atoms with Crippen LogP contribution in [0, 0.1) is 0 Å². The summed E-state index contributed by atoms with van der Waals surface area (Å²) in [6, 6.07) is 78.9. The zero-order chi connectivity index (χ0) is 49.7. The predicted octanol–water partition coefficient (Wildman–Crippen LogP) is 16.7. The minimum absolute atomic E-state index is 0.205. The van der Waals surface area contributed by atoms with E-state index in [1.165, 1.54) is 99.8 Å². The van der Waals surface area contributed by atoms with Crippen molar-refractivity contribution in [2.45, 2.75) is 43.9 Å². The molecule has 13 aromatic rings. The SMILES string of the molecule is CC1(C)c2ccccc2-c2cc3c4ccccc4n(-c4nc(-c5ccc6c(c5)C5(c7ccccc7-c7ccccc75)c5ccccc5-6)nc(-n5c6ccccc6c6cc7c(cc65)C(C)(C)c5ccccc5-7)n4)c3cc21. The molecule has 0 amide bonds. The second-order valence-corrected chi connectivity index (χ2v) is 22.3. The monoisotopic (exact) mass is 957 g/mol. The topological polar surface area (TPSA) is 48.5 Å². The summed E-state index contributed by atoms with van der Waals surface area (Å²) >= 11 is 0. The molecular formula is C70H47N5. The van der Waals surface area contributed by atoms with Gasteiger partial charge in [0.15, 0.2) is 5.82 Å². The number of nitrogens with zero attached hydrogens (tertiary/aromatic N) is 5. The van der Waals surface area contributed by atoms with Crippen LogP contribution in [-0.2, 0) is 16.2 Å². The van der Waals surface area contributed by atoms with Gasteiger partial charge in [0, 0.05) is 37.9 Å². The molecule has 0 N–H and O–H groups in total. The van der Waals surface area contributed by atoms with Crippen molar-refractivity contribution in [3.05, 3.63) is 257 Å². The number of fused-ring (bicyclic) bond motifs is 22. The Hall–Kier alpha value is -9.19. The fraction of sp³-hybridized carbons (Fsp3) is 0.100. The predicted molar refractivity (Wildman–Crippen MR) is 305 cm³/mol.